The smallest absolute Gasteiger partial charge is 0.306 e. The molecule has 0 aromatic rings. The Morgan fingerprint density at radius 3 is 0.710 bits per heavy atom. The summed E-state index contributed by atoms with van der Waals surface area (Å²) in [5.41, 5.74) is 0. The van der Waals surface area contributed by atoms with Crippen LogP contribution in [-0.4, -0.2) is 37.2 Å². The lowest BCUT2D eigenvalue weighted by Crippen LogP contribution is -2.30. The van der Waals surface area contributed by atoms with Gasteiger partial charge in [0, 0.05) is 19.3 Å². The van der Waals surface area contributed by atoms with Gasteiger partial charge in [0.1, 0.15) is 13.2 Å². The maximum atomic E-state index is 12.9. The highest BCUT2D eigenvalue weighted by atomic mass is 16.6. The fourth-order valence-corrected chi connectivity index (χ4v) is 9.76. The lowest BCUT2D eigenvalue weighted by Gasteiger charge is -2.18. The Kier molecular flexibility index (Phi) is 54.4. The van der Waals surface area contributed by atoms with Gasteiger partial charge in [0.2, 0.25) is 0 Å². The Labute approximate surface area is 431 Å². The lowest BCUT2D eigenvalue weighted by molar-refractivity contribution is -0.167. The van der Waals surface area contributed by atoms with Crippen LogP contribution >= 0.6 is 0 Å². The van der Waals surface area contributed by atoms with Crippen LogP contribution in [0.5, 0.6) is 0 Å². The molecule has 0 rings (SSSR count). The summed E-state index contributed by atoms with van der Waals surface area (Å²) in [6.07, 6.45) is 61.0. The predicted octanol–water partition coefficient (Wildman–Crippen LogP) is 20.8. The third-order valence-electron chi connectivity index (χ3n) is 14.5. The SMILES string of the molecule is CCCCCCCCCCCCCCCCCCCCC(=O)O[C@H](COC(=O)CCCCCCCCCCCCCCCCCC(C)C)COC(=O)CCCCCCCCCCCCCCC(C)C. The molecule has 0 heterocycles. The maximum absolute atomic E-state index is 12.9. The second-order valence-electron chi connectivity index (χ2n) is 22.6. The van der Waals surface area contributed by atoms with Crippen LogP contribution in [-0.2, 0) is 28.6 Å². The van der Waals surface area contributed by atoms with Gasteiger partial charge in [-0.15, -0.1) is 0 Å². The summed E-state index contributed by atoms with van der Waals surface area (Å²) in [6, 6.07) is 0. The summed E-state index contributed by atoms with van der Waals surface area (Å²) in [5, 5.41) is 0. The Balaban J connectivity index is 4.29. The zero-order valence-electron chi connectivity index (χ0n) is 47.5. The molecule has 6 nitrogen and oxygen atoms in total. The topological polar surface area (TPSA) is 78.9 Å². The Hall–Kier alpha value is -1.59. The second kappa shape index (κ2) is 55.7. The number of hydrogen-bond acceptors (Lipinski definition) is 6. The van der Waals surface area contributed by atoms with E-state index in [2.05, 4.69) is 34.6 Å². The first kappa shape index (κ1) is 67.4. The highest BCUT2D eigenvalue weighted by Gasteiger charge is 2.19. The number of hydrogen-bond donors (Lipinski definition) is 0. The molecule has 0 bridgehead atoms. The van der Waals surface area contributed by atoms with Crippen LogP contribution in [0, 0.1) is 11.8 Å². The molecule has 0 spiro atoms. The Morgan fingerprint density at radius 2 is 0.478 bits per heavy atom. The van der Waals surface area contributed by atoms with E-state index in [-0.39, 0.29) is 31.1 Å². The van der Waals surface area contributed by atoms with Crippen LogP contribution in [0.25, 0.3) is 0 Å². The first-order valence-electron chi connectivity index (χ1n) is 31.2. The molecule has 0 N–H and O–H groups in total. The van der Waals surface area contributed by atoms with Crippen molar-refractivity contribution >= 4 is 17.9 Å². The Bertz CT molecular complexity index is 1060. The molecule has 0 amide bonds. The first-order valence-corrected chi connectivity index (χ1v) is 31.2. The van der Waals surface area contributed by atoms with Crippen LogP contribution in [0.3, 0.4) is 0 Å². The minimum atomic E-state index is -0.763. The van der Waals surface area contributed by atoms with Gasteiger partial charge in [0.25, 0.3) is 0 Å². The molecule has 1 atom stereocenters. The molecule has 0 aliphatic carbocycles. The predicted molar refractivity (Wildman–Crippen MR) is 298 cm³/mol. The number of esters is 3. The summed E-state index contributed by atoms with van der Waals surface area (Å²) in [4.78, 5) is 38.3. The molecule has 69 heavy (non-hydrogen) atoms. The fraction of sp³-hybridized carbons (Fsp3) is 0.952. The van der Waals surface area contributed by atoms with Gasteiger partial charge >= 0.3 is 17.9 Å². The van der Waals surface area contributed by atoms with E-state index in [1.54, 1.807) is 0 Å². The van der Waals surface area contributed by atoms with Gasteiger partial charge in [-0.2, -0.15) is 0 Å². The van der Waals surface area contributed by atoms with E-state index >= 15 is 0 Å². The quantitative estimate of drug-likeness (QED) is 0.0343. The van der Waals surface area contributed by atoms with Crippen molar-refractivity contribution in [1.82, 2.24) is 0 Å². The van der Waals surface area contributed by atoms with E-state index in [4.69, 9.17) is 14.2 Å². The highest BCUT2D eigenvalue weighted by molar-refractivity contribution is 5.71. The second-order valence-corrected chi connectivity index (χ2v) is 22.6. The van der Waals surface area contributed by atoms with Crippen LogP contribution in [0.1, 0.15) is 356 Å². The van der Waals surface area contributed by atoms with E-state index in [1.807, 2.05) is 0 Å². The van der Waals surface area contributed by atoms with Gasteiger partial charge < -0.3 is 14.2 Å². The van der Waals surface area contributed by atoms with Gasteiger partial charge in [-0.05, 0) is 31.1 Å². The number of carbonyl (C=O) groups excluding carboxylic acids is 3. The van der Waals surface area contributed by atoms with Crippen molar-refractivity contribution in [3.8, 4) is 0 Å². The normalized spacial score (nSPS) is 12.0. The number of unbranched alkanes of at least 4 members (excludes halogenated alkanes) is 42. The van der Waals surface area contributed by atoms with Crippen molar-refractivity contribution in [1.29, 1.82) is 0 Å². The van der Waals surface area contributed by atoms with Crippen molar-refractivity contribution < 1.29 is 28.6 Å². The molecule has 0 aliphatic heterocycles. The molecule has 0 unspecified atom stereocenters. The van der Waals surface area contributed by atoms with E-state index in [0.29, 0.717) is 19.3 Å². The summed E-state index contributed by atoms with van der Waals surface area (Å²) < 4.78 is 16.9. The van der Waals surface area contributed by atoms with Crippen molar-refractivity contribution in [3.63, 3.8) is 0 Å². The molecule has 0 saturated heterocycles. The van der Waals surface area contributed by atoms with E-state index < -0.39 is 6.10 Å². The van der Waals surface area contributed by atoms with Crippen LogP contribution < -0.4 is 0 Å². The first-order chi connectivity index (χ1) is 33.7. The molecule has 0 fully saturated rings. The monoisotopic (exact) mass is 975 g/mol. The summed E-state index contributed by atoms with van der Waals surface area (Å²) in [7, 11) is 0. The third-order valence-corrected chi connectivity index (χ3v) is 14.5. The minimum absolute atomic E-state index is 0.0621. The van der Waals surface area contributed by atoms with Crippen molar-refractivity contribution in [3.05, 3.63) is 0 Å². The van der Waals surface area contributed by atoms with Gasteiger partial charge in [-0.25, -0.2) is 0 Å². The van der Waals surface area contributed by atoms with E-state index in [9.17, 15) is 14.4 Å². The van der Waals surface area contributed by atoms with Gasteiger partial charge in [-0.1, -0.05) is 317 Å². The average Bonchev–Trinajstić information content (AvgIpc) is 3.32. The van der Waals surface area contributed by atoms with Crippen molar-refractivity contribution in [2.45, 2.75) is 362 Å². The summed E-state index contributed by atoms with van der Waals surface area (Å²) in [6.45, 7) is 11.4. The molecule has 0 aromatic heterocycles. The van der Waals surface area contributed by atoms with Crippen LogP contribution in [0.15, 0.2) is 0 Å². The average molecular weight is 976 g/mol. The van der Waals surface area contributed by atoms with E-state index in [0.717, 1.165) is 69.6 Å². The molecular formula is C63H122O6. The molecule has 6 heteroatoms. The standard InChI is InChI=1S/C63H122O6/c1-6-7-8-9-10-11-12-13-14-15-16-19-23-30-35-40-45-50-55-63(66)69-60(57-68-62(65)54-49-44-39-34-29-25-24-27-32-37-42-47-52-59(4)5)56-67-61(64)53-48-43-38-33-28-22-20-17-18-21-26-31-36-41-46-51-58(2)3/h58-60H,6-57H2,1-5H3/t60-/m1/s1. The van der Waals surface area contributed by atoms with Gasteiger partial charge in [0.15, 0.2) is 6.10 Å². The highest BCUT2D eigenvalue weighted by Crippen LogP contribution is 2.19. The lowest BCUT2D eigenvalue weighted by atomic mass is 10.0. The van der Waals surface area contributed by atoms with Gasteiger partial charge in [0.05, 0.1) is 0 Å². The summed E-state index contributed by atoms with van der Waals surface area (Å²) in [5.74, 6) is 0.850. The van der Waals surface area contributed by atoms with E-state index in [1.165, 1.54) is 244 Å². The zero-order chi connectivity index (χ0) is 50.4. The third kappa shape index (κ3) is 57.2. The summed E-state index contributed by atoms with van der Waals surface area (Å²) >= 11 is 0. The molecular weight excluding hydrogens is 853 g/mol. The molecule has 0 aliphatic rings. The molecule has 0 radical (unpaired) electrons. The van der Waals surface area contributed by atoms with Crippen molar-refractivity contribution in [2.75, 3.05) is 13.2 Å². The molecule has 410 valence electrons. The number of rotatable bonds is 57. The minimum Gasteiger partial charge on any atom is -0.462 e. The maximum Gasteiger partial charge on any atom is 0.306 e. The fourth-order valence-electron chi connectivity index (χ4n) is 9.76. The molecule has 0 saturated carbocycles. The van der Waals surface area contributed by atoms with Gasteiger partial charge in [-0.3, -0.25) is 14.4 Å². The van der Waals surface area contributed by atoms with Crippen LogP contribution in [0.4, 0.5) is 0 Å². The van der Waals surface area contributed by atoms with Crippen molar-refractivity contribution in [2.24, 2.45) is 11.8 Å². The number of ether oxygens (including phenoxy) is 3. The largest absolute Gasteiger partial charge is 0.462 e. The van der Waals surface area contributed by atoms with Crippen LogP contribution in [0.2, 0.25) is 0 Å². The number of carbonyl (C=O) groups is 3. The Morgan fingerprint density at radius 1 is 0.275 bits per heavy atom. The molecule has 0 aromatic carbocycles. The zero-order valence-corrected chi connectivity index (χ0v) is 47.5.